The minimum Gasteiger partial charge on any atom is -0.257 e. The summed E-state index contributed by atoms with van der Waals surface area (Å²) in [5, 5.41) is 4.15. The van der Waals surface area contributed by atoms with Crippen molar-refractivity contribution in [2.24, 2.45) is 0 Å². The summed E-state index contributed by atoms with van der Waals surface area (Å²) in [7, 11) is 0. The fourth-order valence-corrected chi connectivity index (χ4v) is 3.89. The molecule has 2 nitrogen and oxygen atoms in total. The van der Waals surface area contributed by atoms with Crippen molar-refractivity contribution in [1.82, 2.24) is 9.97 Å². The molecule has 2 aromatic carbocycles. The second-order valence-electron chi connectivity index (χ2n) is 7.16. The SMILES string of the molecule is C(=C\c1ncccc1Cc1ccccc1)/S/C=C/c1ncccc1Cc1ccccc1. The molecule has 2 aromatic heterocycles. The van der Waals surface area contributed by atoms with E-state index in [-0.39, 0.29) is 0 Å². The third-order valence-corrected chi connectivity index (χ3v) is 5.52. The first-order valence-electron chi connectivity index (χ1n) is 10.3. The van der Waals surface area contributed by atoms with Crippen molar-refractivity contribution in [2.45, 2.75) is 12.8 Å². The summed E-state index contributed by atoms with van der Waals surface area (Å²) in [5.41, 5.74) is 7.05. The van der Waals surface area contributed by atoms with E-state index in [0.717, 1.165) is 24.2 Å². The smallest absolute Gasteiger partial charge is 0.0670 e. The van der Waals surface area contributed by atoms with E-state index >= 15 is 0 Å². The van der Waals surface area contributed by atoms with Gasteiger partial charge in [0.25, 0.3) is 0 Å². The molecule has 0 fully saturated rings. The average Bonchev–Trinajstić information content (AvgIpc) is 2.82. The van der Waals surface area contributed by atoms with E-state index in [1.54, 1.807) is 11.8 Å². The minimum atomic E-state index is 0.881. The Bertz CT molecular complexity index is 1060. The Morgan fingerprint density at radius 1 is 0.548 bits per heavy atom. The van der Waals surface area contributed by atoms with Crippen LogP contribution in [0.3, 0.4) is 0 Å². The normalized spacial score (nSPS) is 11.4. The van der Waals surface area contributed by atoms with Gasteiger partial charge >= 0.3 is 0 Å². The Hall–Kier alpha value is -3.43. The molecular weight excluding hydrogens is 396 g/mol. The molecule has 0 amide bonds. The van der Waals surface area contributed by atoms with Crippen molar-refractivity contribution in [2.75, 3.05) is 0 Å². The zero-order chi connectivity index (χ0) is 21.1. The molecule has 0 spiro atoms. The number of thioether (sulfide) groups is 1. The van der Waals surface area contributed by atoms with Crippen LogP contribution in [0.1, 0.15) is 33.6 Å². The number of hydrogen-bond acceptors (Lipinski definition) is 3. The van der Waals surface area contributed by atoms with Crippen molar-refractivity contribution >= 4 is 23.9 Å². The van der Waals surface area contributed by atoms with Gasteiger partial charge in [0, 0.05) is 12.4 Å². The standard InChI is InChI=1S/C28H24N2S/c1-3-9-23(10-4-1)21-25-13-7-17-29-27(25)15-19-31-20-16-28-26(14-8-18-30-28)22-24-11-5-2-6-12-24/h1-20H,21-22H2/b19-15+,20-16+. The van der Waals surface area contributed by atoms with Crippen LogP contribution in [0.25, 0.3) is 12.2 Å². The van der Waals surface area contributed by atoms with Gasteiger partial charge in [-0.25, -0.2) is 0 Å². The summed E-state index contributed by atoms with van der Waals surface area (Å²) in [6.45, 7) is 0. The molecule has 0 aliphatic heterocycles. The fourth-order valence-electron chi connectivity index (χ4n) is 3.39. The van der Waals surface area contributed by atoms with Gasteiger partial charge in [-0.3, -0.25) is 9.97 Å². The van der Waals surface area contributed by atoms with Crippen molar-refractivity contribution < 1.29 is 0 Å². The van der Waals surface area contributed by atoms with Gasteiger partial charge in [-0.1, -0.05) is 72.8 Å². The molecule has 152 valence electrons. The van der Waals surface area contributed by atoms with E-state index in [1.165, 1.54) is 22.3 Å². The van der Waals surface area contributed by atoms with Gasteiger partial charge in [0.1, 0.15) is 0 Å². The lowest BCUT2D eigenvalue weighted by molar-refractivity contribution is 1.13. The second kappa shape index (κ2) is 11.1. The van der Waals surface area contributed by atoms with Crippen molar-refractivity contribution in [3.8, 4) is 0 Å². The van der Waals surface area contributed by atoms with E-state index in [1.807, 2.05) is 36.7 Å². The molecule has 0 radical (unpaired) electrons. The van der Waals surface area contributed by atoms with E-state index in [4.69, 9.17) is 0 Å². The monoisotopic (exact) mass is 420 g/mol. The van der Waals surface area contributed by atoms with Gasteiger partial charge in [-0.15, -0.1) is 11.8 Å². The third-order valence-electron chi connectivity index (χ3n) is 4.94. The van der Waals surface area contributed by atoms with Gasteiger partial charge in [-0.05, 0) is 70.2 Å². The van der Waals surface area contributed by atoms with Crippen LogP contribution in [-0.4, -0.2) is 9.97 Å². The molecule has 4 aromatic rings. The van der Waals surface area contributed by atoms with Gasteiger partial charge in [-0.2, -0.15) is 0 Å². The molecule has 0 unspecified atom stereocenters. The van der Waals surface area contributed by atoms with Crippen LogP contribution in [0.2, 0.25) is 0 Å². The Morgan fingerprint density at radius 3 is 1.45 bits per heavy atom. The molecule has 0 N–H and O–H groups in total. The first-order valence-corrected chi connectivity index (χ1v) is 11.3. The van der Waals surface area contributed by atoms with Crippen LogP contribution in [0.15, 0.2) is 108 Å². The zero-order valence-electron chi connectivity index (χ0n) is 17.3. The molecular formula is C28H24N2S. The predicted molar refractivity (Wildman–Crippen MR) is 133 cm³/mol. The van der Waals surface area contributed by atoms with Crippen LogP contribution < -0.4 is 0 Å². The van der Waals surface area contributed by atoms with Gasteiger partial charge in [0.2, 0.25) is 0 Å². The number of benzene rings is 2. The summed E-state index contributed by atoms with van der Waals surface area (Å²) in [6.07, 6.45) is 9.61. The molecule has 2 heterocycles. The van der Waals surface area contributed by atoms with Crippen molar-refractivity contribution in [1.29, 1.82) is 0 Å². The highest BCUT2D eigenvalue weighted by atomic mass is 32.2. The Morgan fingerprint density at radius 2 is 1.00 bits per heavy atom. The predicted octanol–water partition coefficient (Wildman–Crippen LogP) is 7.03. The van der Waals surface area contributed by atoms with Crippen LogP contribution in [0, 0.1) is 0 Å². The number of rotatable bonds is 8. The van der Waals surface area contributed by atoms with Crippen LogP contribution >= 0.6 is 11.8 Å². The molecule has 0 bridgehead atoms. The third kappa shape index (κ3) is 6.27. The lowest BCUT2D eigenvalue weighted by Gasteiger charge is -2.05. The molecule has 3 heteroatoms. The number of hydrogen-bond donors (Lipinski definition) is 0. The summed E-state index contributed by atoms with van der Waals surface area (Å²) in [5.74, 6) is 0. The summed E-state index contributed by atoms with van der Waals surface area (Å²) >= 11 is 1.63. The van der Waals surface area contributed by atoms with Gasteiger partial charge in [0.15, 0.2) is 0 Å². The quantitative estimate of drug-likeness (QED) is 0.306. The van der Waals surface area contributed by atoms with E-state index in [9.17, 15) is 0 Å². The summed E-state index contributed by atoms with van der Waals surface area (Å²) in [6, 6.07) is 29.3. The lowest BCUT2D eigenvalue weighted by Crippen LogP contribution is -1.93. The molecule has 31 heavy (non-hydrogen) atoms. The number of pyridine rings is 2. The van der Waals surface area contributed by atoms with E-state index in [2.05, 4.69) is 93.6 Å². The maximum absolute atomic E-state index is 4.56. The summed E-state index contributed by atoms with van der Waals surface area (Å²) in [4.78, 5) is 9.11. The van der Waals surface area contributed by atoms with Gasteiger partial charge in [0.05, 0.1) is 11.4 Å². The molecule has 0 aliphatic carbocycles. The Labute approximate surface area is 188 Å². The average molecular weight is 421 g/mol. The highest BCUT2D eigenvalue weighted by Gasteiger charge is 2.03. The largest absolute Gasteiger partial charge is 0.257 e. The van der Waals surface area contributed by atoms with E-state index in [0.29, 0.717) is 0 Å². The minimum absolute atomic E-state index is 0.881. The second-order valence-corrected chi connectivity index (χ2v) is 7.98. The molecule has 0 saturated heterocycles. The summed E-state index contributed by atoms with van der Waals surface area (Å²) < 4.78 is 0. The van der Waals surface area contributed by atoms with Crippen molar-refractivity contribution in [3.63, 3.8) is 0 Å². The van der Waals surface area contributed by atoms with Crippen LogP contribution in [0.4, 0.5) is 0 Å². The van der Waals surface area contributed by atoms with E-state index < -0.39 is 0 Å². The number of aromatic nitrogens is 2. The fraction of sp³-hybridized carbons (Fsp3) is 0.0714. The Balaban J connectivity index is 1.40. The molecule has 0 aliphatic rings. The van der Waals surface area contributed by atoms with Crippen LogP contribution in [0.5, 0.6) is 0 Å². The molecule has 4 rings (SSSR count). The molecule has 0 saturated carbocycles. The maximum atomic E-state index is 4.56. The van der Waals surface area contributed by atoms with Crippen LogP contribution in [-0.2, 0) is 12.8 Å². The maximum Gasteiger partial charge on any atom is 0.0670 e. The lowest BCUT2D eigenvalue weighted by atomic mass is 10.0. The first kappa shape index (κ1) is 20.8. The van der Waals surface area contributed by atoms with Gasteiger partial charge < -0.3 is 0 Å². The first-order chi connectivity index (χ1) is 15.4. The Kier molecular flexibility index (Phi) is 7.45. The topological polar surface area (TPSA) is 25.8 Å². The van der Waals surface area contributed by atoms with Crippen molar-refractivity contribution in [3.05, 3.63) is 142 Å². The number of nitrogens with zero attached hydrogens (tertiary/aromatic N) is 2. The zero-order valence-corrected chi connectivity index (χ0v) is 18.1. The highest BCUT2D eigenvalue weighted by molar-refractivity contribution is 8.05. The molecule has 0 atom stereocenters. The highest BCUT2D eigenvalue weighted by Crippen LogP contribution is 2.18.